The number of thiophene rings is 1. The normalized spacial score (nSPS) is 14.8. The summed E-state index contributed by atoms with van der Waals surface area (Å²) in [5.41, 5.74) is 6.19. The maximum absolute atomic E-state index is 13.4. The van der Waals surface area contributed by atoms with Gasteiger partial charge >= 0.3 is 0 Å². The number of ether oxygens (including phenoxy) is 1. The van der Waals surface area contributed by atoms with Gasteiger partial charge in [-0.05, 0) is 86.6 Å². The lowest BCUT2D eigenvalue weighted by molar-refractivity contribution is 0.0342. The molecule has 2 aromatic heterocycles. The largest absolute Gasteiger partial charge is 0.379 e. The Morgan fingerprint density at radius 2 is 1.85 bits per heavy atom. The number of hydrogen-bond donors (Lipinski definition) is 2. The van der Waals surface area contributed by atoms with Gasteiger partial charge in [0.05, 0.1) is 23.8 Å². The van der Waals surface area contributed by atoms with Gasteiger partial charge < -0.3 is 24.8 Å². The van der Waals surface area contributed by atoms with Crippen molar-refractivity contribution < 1.29 is 14.3 Å². The molecule has 0 radical (unpaired) electrons. The molecule has 2 aliphatic rings. The van der Waals surface area contributed by atoms with Gasteiger partial charge in [0.25, 0.3) is 17.4 Å². The SMILES string of the molecule is CCN(C)C(=O)c1ccc(Nc2nc(-c3cccc(NC(=O)c4cc5c(s4)CCCC5)c3C)cn(C)c2=O)c(CN2CCOCC2)c1. The van der Waals surface area contributed by atoms with E-state index < -0.39 is 0 Å². The highest BCUT2D eigenvalue weighted by Crippen LogP contribution is 2.32. The number of nitrogens with zero attached hydrogens (tertiary/aromatic N) is 4. The van der Waals surface area contributed by atoms with Crippen molar-refractivity contribution in [1.29, 1.82) is 0 Å². The highest BCUT2D eigenvalue weighted by Gasteiger charge is 2.21. The van der Waals surface area contributed by atoms with Crippen LogP contribution in [0.1, 0.15) is 61.4 Å². The van der Waals surface area contributed by atoms with E-state index in [0.717, 1.165) is 47.5 Å². The Labute approximate surface area is 279 Å². The van der Waals surface area contributed by atoms with E-state index in [4.69, 9.17) is 9.72 Å². The molecule has 1 aliphatic heterocycles. The van der Waals surface area contributed by atoms with Gasteiger partial charge in [-0.1, -0.05) is 12.1 Å². The van der Waals surface area contributed by atoms with Crippen molar-refractivity contribution in [2.75, 3.05) is 50.5 Å². The first kappa shape index (κ1) is 32.6. The van der Waals surface area contributed by atoms with Crippen LogP contribution in [0, 0.1) is 6.92 Å². The quantitative estimate of drug-likeness (QED) is 0.241. The molecule has 2 aromatic carbocycles. The average molecular weight is 655 g/mol. The number of benzene rings is 2. The van der Waals surface area contributed by atoms with Crippen LogP contribution in [0.3, 0.4) is 0 Å². The fraction of sp³-hybridized carbons (Fsp3) is 0.389. The number of aromatic nitrogens is 2. The van der Waals surface area contributed by atoms with Gasteiger partial charge in [0.1, 0.15) is 0 Å². The van der Waals surface area contributed by atoms with Crippen LogP contribution in [-0.4, -0.2) is 71.1 Å². The Hall–Kier alpha value is -4.32. The predicted octanol–water partition coefficient (Wildman–Crippen LogP) is 5.62. The molecule has 246 valence electrons. The summed E-state index contributed by atoms with van der Waals surface area (Å²) in [4.78, 5) is 50.5. The number of hydrogen-bond acceptors (Lipinski definition) is 8. The van der Waals surface area contributed by atoms with Crippen molar-refractivity contribution in [2.24, 2.45) is 7.05 Å². The summed E-state index contributed by atoms with van der Waals surface area (Å²) in [6, 6.07) is 13.3. The van der Waals surface area contributed by atoms with Gasteiger partial charge in [-0.2, -0.15) is 0 Å². The van der Waals surface area contributed by atoms with Crippen LogP contribution in [0.2, 0.25) is 0 Å². The molecule has 1 aliphatic carbocycles. The highest BCUT2D eigenvalue weighted by molar-refractivity contribution is 7.14. The number of nitrogens with one attached hydrogen (secondary N) is 2. The van der Waals surface area contributed by atoms with Crippen molar-refractivity contribution in [3.05, 3.63) is 91.0 Å². The van der Waals surface area contributed by atoms with Gasteiger partial charge in [0, 0.05) is 73.9 Å². The molecule has 47 heavy (non-hydrogen) atoms. The molecule has 11 heteroatoms. The Bertz CT molecular complexity index is 1840. The monoisotopic (exact) mass is 654 g/mol. The topological polar surface area (TPSA) is 109 Å². The van der Waals surface area contributed by atoms with E-state index in [1.807, 2.05) is 50.2 Å². The zero-order chi connectivity index (χ0) is 33.1. The first-order valence-corrected chi connectivity index (χ1v) is 17.1. The Morgan fingerprint density at radius 1 is 1.06 bits per heavy atom. The number of anilines is 3. The van der Waals surface area contributed by atoms with Crippen molar-refractivity contribution in [2.45, 2.75) is 46.1 Å². The summed E-state index contributed by atoms with van der Waals surface area (Å²) in [7, 11) is 3.49. The zero-order valence-corrected chi connectivity index (χ0v) is 28.3. The lowest BCUT2D eigenvalue weighted by Crippen LogP contribution is -2.36. The fourth-order valence-corrected chi connectivity index (χ4v) is 7.27. The molecule has 0 atom stereocenters. The van der Waals surface area contributed by atoms with Gasteiger partial charge in [-0.3, -0.25) is 19.3 Å². The second-order valence-corrected chi connectivity index (χ2v) is 13.4. The molecule has 1 saturated heterocycles. The molecule has 10 nitrogen and oxygen atoms in total. The minimum atomic E-state index is -0.277. The Kier molecular flexibility index (Phi) is 9.86. The molecule has 0 saturated carbocycles. The second kappa shape index (κ2) is 14.2. The van der Waals surface area contributed by atoms with E-state index in [9.17, 15) is 14.4 Å². The summed E-state index contributed by atoms with van der Waals surface area (Å²) in [5, 5.41) is 6.42. The van der Waals surface area contributed by atoms with Gasteiger partial charge in [0.2, 0.25) is 0 Å². The smallest absolute Gasteiger partial charge is 0.293 e. The highest BCUT2D eigenvalue weighted by atomic mass is 32.1. The Balaban J connectivity index is 1.30. The number of aryl methyl sites for hydroxylation is 3. The maximum atomic E-state index is 13.4. The first-order chi connectivity index (χ1) is 22.7. The number of amides is 2. The standard InChI is InChI=1S/C36H42N6O4S/c1-5-40(3)35(44)25-13-14-29(26(19-25)21-42-15-17-46-18-16-42)37-33-36(45)41(4)22-30(38-33)27-10-8-11-28(23(27)2)39-34(43)32-20-24-9-6-7-12-31(24)47-32/h8,10-11,13-14,19-20,22H,5-7,9,12,15-18,21H2,1-4H3,(H,37,38)(H,39,43). The molecule has 4 aromatic rings. The number of carbonyl (C=O) groups excluding carboxylic acids is 2. The van der Waals surface area contributed by atoms with Gasteiger partial charge in [-0.15, -0.1) is 11.3 Å². The minimum Gasteiger partial charge on any atom is -0.379 e. The number of fused-ring (bicyclic) bond motifs is 1. The van der Waals surface area contributed by atoms with Crippen LogP contribution in [0.15, 0.2) is 53.5 Å². The lowest BCUT2D eigenvalue weighted by Gasteiger charge is -2.28. The molecule has 3 heterocycles. The van der Waals surface area contributed by atoms with Gasteiger partial charge in [0.15, 0.2) is 5.82 Å². The van der Waals surface area contributed by atoms with E-state index in [-0.39, 0.29) is 23.2 Å². The fourth-order valence-electron chi connectivity index (χ4n) is 6.12. The van der Waals surface area contributed by atoms with E-state index in [1.165, 1.54) is 27.8 Å². The molecule has 0 bridgehead atoms. The lowest BCUT2D eigenvalue weighted by atomic mass is 9.99. The molecule has 2 amide bonds. The summed E-state index contributed by atoms with van der Waals surface area (Å²) in [5.74, 6) is 0.00991. The maximum Gasteiger partial charge on any atom is 0.293 e. The van der Waals surface area contributed by atoms with Crippen LogP contribution < -0.4 is 16.2 Å². The molecule has 6 rings (SSSR count). The summed E-state index contributed by atoms with van der Waals surface area (Å²) in [6.45, 7) is 7.95. The van der Waals surface area contributed by atoms with E-state index in [1.54, 1.807) is 42.6 Å². The first-order valence-electron chi connectivity index (χ1n) is 16.3. The minimum absolute atomic E-state index is 0.0561. The predicted molar refractivity (Wildman–Crippen MR) is 187 cm³/mol. The van der Waals surface area contributed by atoms with Crippen LogP contribution >= 0.6 is 11.3 Å². The van der Waals surface area contributed by atoms with Crippen molar-refractivity contribution in [1.82, 2.24) is 19.4 Å². The molecule has 1 fully saturated rings. The van der Waals surface area contributed by atoms with E-state index in [0.29, 0.717) is 48.9 Å². The van der Waals surface area contributed by atoms with Crippen LogP contribution in [0.25, 0.3) is 11.3 Å². The van der Waals surface area contributed by atoms with Crippen molar-refractivity contribution >= 4 is 40.3 Å². The number of carbonyl (C=O) groups is 2. The third-order valence-corrected chi connectivity index (χ3v) is 10.3. The van der Waals surface area contributed by atoms with Crippen LogP contribution in [0.4, 0.5) is 17.2 Å². The molecule has 2 N–H and O–H groups in total. The molecular formula is C36H42N6O4S. The third-order valence-electron chi connectivity index (χ3n) is 9.07. The van der Waals surface area contributed by atoms with Crippen molar-refractivity contribution in [3.8, 4) is 11.3 Å². The van der Waals surface area contributed by atoms with E-state index >= 15 is 0 Å². The molecular weight excluding hydrogens is 613 g/mol. The van der Waals surface area contributed by atoms with Crippen LogP contribution in [-0.2, 0) is 31.2 Å². The van der Waals surface area contributed by atoms with Crippen LogP contribution in [0.5, 0.6) is 0 Å². The average Bonchev–Trinajstić information content (AvgIpc) is 3.53. The number of rotatable bonds is 9. The third kappa shape index (κ3) is 7.17. The van der Waals surface area contributed by atoms with E-state index in [2.05, 4.69) is 15.5 Å². The van der Waals surface area contributed by atoms with Crippen molar-refractivity contribution in [3.63, 3.8) is 0 Å². The Morgan fingerprint density at radius 3 is 2.62 bits per heavy atom. The van der Waals surface area contributed by atoms with Gasteiger partial charge in [-0.25, -0.2) is 4.98 Å². The molecule has 0 spiro atoms. The second-order valence-electron chi connectivity index (χ2n) is 12.3. The number of morpholine rings is 1. The summed E-state index contributed by atoms with van der Waals surface area (Å²) in [6.07, 6.45) is 6.15. The molecule has 0 unspecified atom stereocenters. The summed E-state index contributed by atoms with van der Waals surface area (Å²) >= 11 is 1.59. The summed E-state index contributed by atoms with van der Waals surface area (Å²) < 4.78 is 7.05. The zero-order valence-electron chi connectivity index (χ0n) is 27.5.